The standard InChI is InChI=1S/C8H6F12.2CHClO2/c1-2-3(9)4(10,11)5(12,13)6(14,15)7(16,17)8(18,19)20;2*2-1(3)4/h3H,2H2,1H3;2*(H,3,4). The molecule has 0 aromatic carbocycles. The Morgan fingerprint density at radius 3 is 1.18 bits per heavy atom. The second-order valence-corrected chi connectivity index (χ2v) is 4.87. The van der Waals surface area contributed by atoms with Gasteiger partial charge in [-0.3, -0.25) is 0 Å². The van der Waals surface area contributed by atoms with Gasteiger partial charge >= 0.3 is 40.7 Å². The van der Waals surface area contributed by atoms with Gasteiger partial charge in [-0.05, 0) is 6.42 Å². The van der Waals surface area contributed by atoms with Crippen molar-refractivity contribution in [2.45, 2.75) is 49.4 Å². The van der Waals surface area contributed by atoms with Gasteiger partial charge in [-0.1, -0.05) is 6.92 Å². The summed E-state index contributed by atoms with van der Waals surface area (Å²) in [6, 6.07) is 0. The average Bonchev–Trinajstić information content (AvgIpc) is 2.43. The van der Waals surface area contributed by atoms with Crippen LogP contribution in [0.1, 0.15) is 13.3 Å². The van der Waals surface area contributed by atoms with E-state index in [4.69, 9.17) is 19.8 Å². The maximum absolute atomic E-state index is 12.7. The van der Waals surface area contributed by atoms with Crippen LogP contribution in [0.25, 0.3) is 0 Å². The molecule has 0 amide bonds. The number of carbonyl (C=O) groups is 2. The summed E-state index contributed by atoms with van der Waals surface area (Å²) in [6.45, 7) is 0.481. The molecule has 0 heterocycles. The fraction of sp³-hybridized carbons (Fsp3) is 0.800. The molecule has 0 aliphatic rings. The molecule has 2 N–H and O–H groups in total. The summed E-state index contributed by atoms with van der Waals surface area (Å²) in [4.78, 5) is 17.5. The summed E-state index contributed by atoms with van der Waals surface area (Å²) in [5, 5.41) is 14.4. The molecule has 0 radical (unpaired) electrons. The monoisotopic (exact) mass is 490 g/mol. The molecule has 0 aromatic rings. The molecule has 18 heteroatoms. The van der Waals surface area contributed by atoms with Gasteiger partial charge in [0.1, 0.15) is 0 Å². The second-order valence-electron chi connectivity index (χ2n) is 4.23. The zero-order valence-corrected chi connectivity index (χ0v) is 14.3. The Balaban J connectivity index is -0.000000656. The van der Waals surface area contributed by atoms with Crippen molar-refractivity contribution in [1.82, 2.24) is 0 Å². The molecular weight excluding hydrogens is 483 g/mol. The molecule has 0 spiro atoms. The summed E-state index contributed by atoms with van der Waals surface area (Å²) in [6.07, 6.45) is -12.8. The Morgan fingerprint density at radius 2 is 1.00 bits per heavy atom. The van der Waals surface area contributed by atoms with E-state index in [1.165, 1.54) is 0 Å². The molecule has 0 bridgehead atoms. The van der Waals surface area contributed by atoms with Crippen LogP contribution in [0, 0.1) is 0 Å². The molecule has 0 rings (SSSR count). The lowest BCUT2D eigenvalue weighted by Crippen LogP contribution is -2.68. The maximum atomic E-state index is 12.7. The van der Waals surface area contributed by atoms with E-state index in [9.17, 15) is 52.7 Å². The van der Waals surface area contributed by atoms with Crippen LogP contribution >= 0.6 is 23.2 Å². The molecule has 0 aliphatic carbocycles. The third-order valence-electron chi connectivity index (χ3n) is 2.32. The molecule has 0 aromatic heterocycles. The minimum absolute atomic E-state index is 0.481. The first-order chi connectivity index (χ1) is 11.9. The first-order valence-electron chi connectivity index (χ1n) is 5.93. The lowest BCUT2D eigenvalue weighted by Gasteiger charge is -2.38. The normalized spacial score (nSPS) is 14.1. The van der Waals surface area contributed by atoms with Crippen LogP contribution in [0.2, 0.25) is 0 Å². The van der Waals surface area contributed by atoms with Gasteiger partial charge in [-0.15, -0.1) is 0 Å². The summed E-state index contributed by atoms with van der Waals surface area (Å²) in [5.74, 6) is -28.7. The van der Waals surface area contributed by atoms with E-state index in [0.29, 0.717) is 6.92 Å². The predicted octanol–water partition coefficient (Wildman–Crippen LogP) is 6.64. The highest BCUT2D eigenvalue weighted by molar-refractivity contribution is 6.60. The van der Waals surface area contributed by atoms with Crippen molar-refractivity contribution in [3.63, 3.8) is 0 Å². The number of halogens is 14. The van der Waals surface area contributed by atoms with E-state index in [-0.39, 0.29) is 0 Å². The van der Waals surface area contributed by atoms with Crippen LogP contribution in [-0.2, 0) is 0 Å². The predicted molar refractivity (Wildman–Crippen MR) is 68.8 cm³/mol. The van der Waals surface area contributed by atoms with Crippen LogP contribution in [-0.4, -0.2) is 57.1 Å². The van der Waals surface area contributed by atoms with Gasteiger partial charge in [0.05, 0.1) is 0 Å². The summed E-state index contributed by atoms with van der Waals surface area (Å²) in [5.41, 5.74) is -2.72. The van der Waals surface area contributed by atoms with Crippen LogP contribution in [0.3, 0.4) is 0 Å². The van der Waals surface area contributed by atoms with Crippen molar-refractivity contribution in [3.8, 4) is 0 Å². The smallest absolute Gasteiger partial charge is 0.460 e. The van der Waals surface area contributed by atoms with Gasteiger partial charge in [0.25, 0.3) is 0 Å². The molecule has 0 saturated heterocycles. The topological polar surface area (TPSA) is 74.6 Å². The van der Waals surface area contributed by atoms with E-state index >= 15 is 0 Å². The van der Waals surface area contributed by atoms with Crippen LogP contribution in [0.15, 0.2) is 0 Å². The molecule has 1 atom stereocenters. The quantitative estimate of drug-likeness (QED) is 0.334. The van der Waals surface area contributed by atoms with Gasteiger partial charge in [0, 0.05) is 23.2 Å². The van der Waals surface area contributed by atoms with E-state index in [2.05, 4.69) is 23.2 Å². The van der Waals surface area contributed by atoms with E-state index < -0.39 is 53.3 Å². The summed E-state index contributed by atoms with van der Waals surface area (Å²) in [7, 11) is 0. The minimum Gasteiger partial charge on any atom is -0.469 e. The highest BCUT2D eigenvalue weighted by atomic mass is 35.5. The Bertz CT molecular complexity index is 503. The van der Waals surface area contributed by atoms with Gasteiger partial charge < -0.3 is 10.2 Å². The van der Waals surface area contributed by atoms with Crippen LogP contribution in [0.4, 0.5) is 62.3 Å². The number of alkyl halides is 12. The first kappa shape index (κ1) is 31.4. The maximum Gasteiger partial charge on any atom is 0.460 e. The summed E-state index contributed by atoms with van der Waals surface area (Å²) >= 11 is 8.38. The minimum atomic E-state index is -7.54. The van der Waals surface area contributed by atoms with E-state index in [1.54, 1.807) is 0 Å². The lowest BCUT2D eigenvalue weighted by molar-refractivity contribution is -0.426. The number of carboxylic acid groups (broad SMARTS) is 2. The fourth-order valence-electron chi connectivity index (χ4n) is 1.04. The van der Waals surface area contributed by atoms with E-state index in [1.807, 2.05) is 0 Å². The van der Waals surface area contributed by atoms with Gasteiger partial charge in [0.15, 0.2) is 6.17 Å². The molecular formula is C10H8Cl2F12O4. The third-order valence-corrected chi connectivity index (χ3v) is 2.32. The Labute approximate surface area is 157 Å². The third kappa shape index (κ3) is 7.60. The fourth-order valence-corrected chi connectivity index (χ4v) is 1.04. The molecule has 0 aliphatic heterocycles. The van der Waals surface area contributed by atoms with Crippen molar-refractivity contribution >= 4 is 34.1 Å². The zero-order valence-electron chi connectivity index (χ0n) is 12.8. The number of hydrogen-bond donors (Lipinski definition) is 2. The average molecular weight is 491 g/mol. The van der Waals surface area contributed by atoms with Crippen molar-refractivity contribution in [1.29, 1.82) is 0 Å². The molecule has 28 heavy (non-hydrogen) atoms. The zero-order chi connectivity index (χ0) is 23.9. The van der Waals surface area contributed by atoms with Crippen molar-refractivity contribution < 1.29 is 72.5 Å². The SMILES string of the molecule is CCC(F)C(F)(F)C(F)(F)C(F)(F)C(F)(F)C(F)(F)F.O=C(O)Cl.O=C(O)Cl. The molecule has 0 saturated carbocycles. The van der Waals surface area contributed by atoms with Crippen molar-refractivity contribution in [2.24, 2.45) is 0 Å². The van der Waals surface area contributed by atoms with E-state index in [0.717, 1.165) is 0 Å². The highest BCUT2D eigenvalue weighted by Gasteiger charge is 2.88. The highest BCUT2D eigenvalue weighted by Crippen LogP contribution is 2.58. The van der Waals surface area contributed by atoms with Gasteiger partial charge in [0.2, 0.25) is 0 Å². The molecule has 1 unspecified atom stereocenters. The molecule has 0 fully saturated rings. The molecule has 170 valence electrons. The number of hydrogen-bond acceptors (Lipinski definition) is 2. The Hall–Kier alpha value is -1.32. The lowest BCUT2D eigenvalue weighted by atomic mass is 9.94. The van der Waals surface area contributed by atoms with Crippen molar-refractivity contribution in [2.75, 3.05) is 0 Å². The first-order valence-corrected chi connectivity index (χ1v) is 6.69. The number of rotatable bonds is 5. The van der Waals surface area contributed by atoms with Gasteiger partial charge in [-0.25, -0.2) is 14.0 Å². The van der Waals surface area contributed by atoms with Crippen LogP contribution < -0.4 is 0 Å². The summed E-state index contributed by atoms with van der Waals surface area (Å²) < 4.78 is 148. The van der Waals surface area contributed by atoms with Crippen molar-refractivity contribution in [3.05, 3.63) is 0 Å². The molecule has 4 nitrogen and oxygen atoms in total. The Morgan fingerprint density at radius 1 is 0.750 bits per heavy atom. The second kappa shape index (κ2) is 10.5. The van der Waals surface area contributed by atoms with Gasteiger partial charge in [-0.2, -0.15) is 48.3 Å². The Kier molecular flexibility index (Phi) is 11.7. The van der Waals surface area contributed by atoms with Crippen LogP contribution in [0.5, 0.6) is 0 Å². The largest absolute Gasteiger partial charge is 0.469 e.